The van der Waals surface area contributed by atoms with Gasteiger partial charge in [0.1, 0.15) is 0 Å². The maximum Gasteiger partial charge on any atom is 0.218 e. The fourth-order valence-electron chi connectivity index (χ4n) is 1.57. The molecule has 3 heteroatoms. The summed E-state index contributed by atoms with van der Waals surface area (Å²) in [5, 5.41) is 13.8. The standard InChI is InChI=1S/C14H14N2O/c1-9-8-13(16-14(17)10(9)2)11-4-6-12(15-3)7-5-11/h4-8,15H,1-2H2,3H3,(H,16,17). The van der Waals surface area contributed by atoms with Crippen LogP contribution >= 0.6 is 0 Å². The van der Waals surface area contributed by atoms with E-state index in [1.54, 1.807) is 0 Å². The number of rotatable bonds is 2. The minimum absolute atomic E-state index is 0.0646. The quantitative estimate of drug-likeness (QED) is 0.811. The topological polar surface area (TPSA) is 45.2 Å². The molecule has 0 amide bonds. The van der Waals surface area contributed by atoms with E-state index < -0.39 is 0 Å². The average molecular weight is 226 g/mol. The Labute approximate surface area is 99.8 Å². The van der Waals surface area contributed by atoms with Crippen molar-refractivity contribution in [1.82, 2.24) is 4.98 Å². The molecule has 0 saturated carbocycles. The Balaban J connectivity index is 2.53. The monoisotopic (exact) mass is 226 g/mol. The van der Waals surface area contributed by atoms with E-state index >= 15 is 0 Å². The number of hydrogen-bond donors (Lipinski definition) is 2. The van der Waals surface area contributed by atoms with E-state index in [9.17, 15) is 5.11 Å². The Kier molecular flexibility index (Phi) is 2.83. The molecule has 0 unspecified atom stereocenters. The molecule has 2 aromatic rings. The lowest BCUT2D eigenvalue weighted by molar-refractivity contribution is 0.449. The summed E-state index contributed by atoms with van der Waals surface area (Å²) in [6.07, 6.45) is 0. The van der Waals surface area contributed by atoms with Crippen molar-refractivity contribution in [1.29, 1.82) is 0 Å². The van der Waals surface area contributed by atoms with Crippen molar-refractivity contribution in [2.45, 2.75) is 0 Å². The smallest absolute Gasteiger partial charge is 0.218 e. The second kappa shape index (κ2) is 4.29. The van der Waals surface area contributed by atoms with Crippen LogP contribution in [0.2, 0.25) is 0 Å². The third-order valence-electron chi connectivity index (χ3n) is 2.66. The molecule has 0 aliphatic rings. The number of benzene rings is 1. The SMILES string of the molecule is C=c1cc(-c2ccc(NC)cc2)nc(O)c1=C. The molecule has 0 fully saturated rings. The predicted molar refractivity (Wildman–Crippen MR) is 71.2 cm³/mol. The molecule has 0 saturated heterocycles. The van der Waals surface area contributed by atoms with Crippen molar-refractivity contribution in [3.05, 3.63) is 40.8 Å². The molecule has 86 valence electrons. The highest BCUT2D eigenvalue weighted by atomic mass is 16.3. The first kappa shape index (κ1) is 11.2. The number of pyridine rings is 1. The third-order valence-corrected chi connectivity index (χ3v) is 2.66. The van der Waals surface area contributed by atoms with Crippen molar-refractivity contribution >= 4 is 18.8 Å². The predicted octanol–water partition coefficient (Wildman–Crippen LogP) is 1.32. The van der Waals surface area contributed by atoms with Gasteiger partial charge in [-0.3, -0.25) is 0 Å². The van der Waals surface area contributed by atoms with Crippen molar-refractivity contribution in [2.24, 2.45) is 0 Å². The van der Waals surface area contributed by atoms with E-state index in [1.807, 2.05) is 37.4 Å². The second-order valence-electron chi connectivity index (χ2n) is 3.80. The van der Waals surface area contributed by atoms with Crippen LogP contribution in [0.3, 0.4) is 0 Å². The van der Waals surface area contributed by atoms with Gasteiger partial charge in [0, 0.05) is 23.5 Å². The highest BCUT2D eigenvalue weighted by molar-refractivity contribution is 5.63. The lowest BCUT2D eigenvalue weighted by Crippen LogP contribution is -2.22. The normalized spacial score (nSPS) is 10.2. The molecule has 0 aliphatic heterocycles. The van der Waals surface area contributed by atoms with Crippen LogP contribution in [-0.4, -0.2) is 17.1 Å². The molecule has 0 bridgehead atoms. The summed E-state index contributed by atoms with van der Waals surface area (Å²) in [6, 6.07) is 9.60. The number of aromatic hydroxyl groups is 1. The summed E-state index contributed by atoms with van der Waals surface area (Å²) in [5.41, 5.74) is 2.66. The highest BCUT2D eigenvalue weighted by Crippen LogP contribution is 2.18. The average Bonchev–Trinajstić information content (AvgIpc) is 2.35. The van der Waals surface area contributed by atoms with Gasteiger partial charge in [-0.2, -0.15) is 0 Å². The first-order valence-electron chi connectivity index (χ1n) is 5.28. The summed E-state index contributed by atoms with van der Waals surface area (Å²) in [4.78, 5) is 4.09. The minimum Gasteiger partial charge on any atom is -0.493 e. The van der Waals surface area contributed by atoms with E-state index in [0.29, 0.717) is 16.1 Å². The molecule has 1 aromatic carbocycles. The van der Waals surface area contributed by atoms with Gasteiger partial charge in [0.2, 0.25) is 5.88 Å². The summed E-state index contributed by atoms with van der Waals surface area (Å²) < 4.78 is 0. The van der Waals surface area contributed by atoms with Crippen LogP contribution in [0, 0.1) is 0 Å². The van der Waals surface area contributed by atoms with Crippen LogP contribution in [0.5, 0.6) is 5.88 Å². The Bertz CT molecular complexity index is 633. The largest absolute Gasteiger partial charge is 0.493 e. The number of anilines is 1. The van der Waals surface area contributed by atoms with E-state index in [2.05, 4.69) is 23.5 Å². The molecular weight excluding hydrogens is 212 g/mol. The summed E-state index contributed by atoms with van der Waals surface area (Å²) >= 11 is 0. The van der Waals surface area contributed by atoms with Gasteiger partial charge in [0.25, 0.3) is 0 Å². The van der Waals surface area contributed by atoms with Crippen LogP contribution in [0.25, 0.3) is 24.4 Å². The summed E-state index contributed by atoms with van der Waals surface area (Å²) in [7, 11) is 1.87. The van der Waals surface area contributed by atoms with Crippen molar-refractivity contribution in [3.63, 3.8) is 0 Å². The first-order chi connectivity index (χ1) is 8.11. The number of aromatic nitrogens is 1. The molecule has 2 N–H and O–H groups in total. The van der Waals surface area contributed by atoms with Gasteiger partial charge in [-0.1, -0.05) is 25.3 Å². The fourth-order valence-corrected chi connectivity index (χ4v) is 1.57. The lowest BCUT2D eigenvalue weighted by Gasteiger charge is -2.04. The Hall–Kier alpha value is -2.29. The van der Waals surface area contributed by atoms with Gasteiger partial charge in [0.15, 0.2) is 0 Å². The van der Waals surface area contributed by atoms with Crippen LogP contribution in [0.1, 0.15) is 0 Å². The second-order valence-corrected chi connectivity index (χ2v) is 3.80. The maximum absolute atomic E-state index is 9.62. The summed E-state index contributed by atoms with van der Waals surface area (Å²) in [6.45, 7) is 7.52. The Morgan fingerprint density at radius 3 is 2.35 bits per heavy atom. The van der Waals surface area contributed by atoms with E-state index in [1.165, 1.54) is 0 Å². The van der Waals surface area contributed by atoms with Gasteiger partial charge in [0.05, 0.1) is 5.69 Å². The minimum atomic E-state index is -0.0646. The zero-order valence-electron chi connectivity index (χ0n) is 9.70. The van der Waals surface area contributed by atoms with Crippen LogP contribution in [-0.2, 0) is 0 Å². The van der Waals surface area contributed by atoms with Crippen molar-refractivity contribution < 1.29 is 5.11 Å². The lowest BCUT2D eigenvalue weighted by atomic mass is 10.1. The van der Waals surface area contributed by atoms with Gasteiger partial charge in [-0.15, -0.1) is 0 Å². The molecule has 17 heavy (non-hydrogen) atoms. The molecule has 3 nitrogen and oxygen atoms in total. The third kappa shape index (κ3) is 2.13. The molecule has 0 aliphatic carbocycles. The van der Waals surface area contributed by atoms with Gasteiger partial charge in [-0.25, -0.2) is 4.98 Å². The van der Waals surface area contributed by atoms with Gasteiger partial charge >= 0.3 is 0 Å². The fraction of sp³-hybridized carbons (Fsp3) is 0.0714. The molecule has 0 spiro atoms. The van der Waals surface area contributed by atoms with E-state index in [-0.39, 0.29) is 5.88 Å². The molecular formula is C14H14N2O. The van der Waals surface area contributed by atoms with Crippen LogP contribution in [0.15, 0.2) is 30.3 Å². The molecule has 0 atom stereocenters. The molecule has 1 heterocycles. The molecule has 1 aromatic heterocycles. The first-order valence-corrected chi connectivity index (χ1v) is 5.28. The summed E-state index contributed by atoms with van der Waals surface area (Å²) in [5.74, 6) is -0.0646. The zero-order valence-corrected chi connectivity index (χ0v) is 9.70. The number of nitrogens with zero attached hydrogens (tertiary/aromatic N) is 1. The number of nitrogens with one attached hydrogen (secondary N) is 1. The Morgan fingerprint density at radius 2 is 1.82 bits per heavy atom. The number of hydrogen-bond acceptors (Lipinski definition) is 3. The molecule has 2 rings (SSSR count). The molecule has 0 radical (unpaired) electrons. The van der Waals surface area contributed by atoms with Crippen LogP contribution < -0.4 is 15.8 Å². The van der Waals surface area contributed by atoms with Gasteiger partial charge in [-0.05, 0) is 23.4 Å². The Morgan fingerprint density at radius 1 is 1.18 bits per heavy atom. The van der Waals surface area contributed by atoms with Crippen LogP contribution in [0.4, 0.5) is 5.69 Å². The van der Waals surface area contributed by atoms with E-state index in [0.717, 1.165) is 11.3 Å². The van der Waals surface area contributed by atoms with Crippen molar-refractivity contribution in [2.75, 3.05) is 12.4 Å². The zero-order chi connectivity index (χ0) is 12.4. The van der Waals surface area contributed by atoms with Gasteiger partial charge < -0.3 is 10.4 Å². The highest BCUT2D eigenvalue weighted by Gasteiger charge is 2.02. The maximum atomic E-state index is 9.62. The van der Waals surface area contributed by atoms with E-state index in [4.69, 9.17) is 0 Å². The van der Waals surface area contributed by atoms with Crippen molar-refractivity contribution in [3.8, 4) is 17.1 Å².